The van der Waals surface area contributed by atoms with Crippen molar-refractivity contribution in [2.45, 2.75) is 50.4 Å². The largest absolute Gasteiger partial charge is 0.311 e. The Morgan fingerprint density at radius 2 is 2.00 bits per heavy atom. The SMILES string of the molecule is FC1CC=CC=C1/C=C/C1CC2CCC(C1)N2. The van der Waals surface area contributed by atoms with Gasteiger partial charge >= 0.3 is 0 Å². The van der Waals surface area contributed by atoms with E-state index in [0.29, 0.717) is 24.4 Å². The second kappa shape index (κ2) is 4.77. The van der Waals surface area contributed by atoms with Crippen molar-refractivity contribution in [3.63, 3.8) is 0 Å². The topological polar surface area (TPSA) is 12.0 Å². The average molecular weight is 233 g/mol. The highest BCUT2D eigenvalue weighted by Crippen LogP contribution is 2.32. The van der Waals surface area contributed by atoms with Crippen LogP contribution < -0.4 is 5.32 Å². The Hall–Kier alpha value is -0.890. The average Bonchev–Trinajstić information content (AvgIpc) is 2.68. The Morgan fingerprint density at radius 1 is 1.24 bits per heavy atom. The minimum atomic E-state index is -0.797. The van der Waals surface area contributed by atoms with Gasteiger partial charge < -0.3 is 5.32 Å². The number of halogens is 1. The molecule has 0 aromatic heterocycles. The molecule has 0 saturated carbocycles. The van der Waals surface area contributed by atoms with Gasteiger partial charge in [-0.05, 0) is 37.2 Å². The first-order chi connectivity index (χ1) is 8.31. The zero-order valence-electron chi connectivity index (χ0n) is 10.1. The highest BCUT2D eigenvalue weighted by molar-refractivity contribution is 5.31. The van der Waals surface area contributed by atoms with E-state index in [9.17, 15) is 4.39 Å². The van der Waals surface area contributed by atoms with E-state index in [4.69, 9.17) is 0 Å². The summed E-state index contributed by atoms with van der Waals surface area (Å²) in [5.74, 6) is 0.646. The van der Waals surface area contributed by atoms with Crippen LogP contribution in [0.2, 0.25) is 0 Å². The van der Waals surface area contributed by atoms with Crippen LogP contribution in [0.15, 0.2) is 36.0 Å². The fraction of sp³-hybridized carbons (Fsp3) is 0.600. The number of allylic oxidation sites excluding steroid dienone is 6. The molecule has 0 radical (unpaired) electrons. The molecule has 3 rings (SSSR count). The molecule has 3 aliphatic rings. The molecule has 2 heterocycles. The summed E-state index contributed by atoms with van der Waals surface area (Å²) in [5, 5.41) is 3.63. The van der Waals surface area contributed by atoms with Gasteiger partial charge in [0.15, 0.2) is 0 Å². The summed E-state index contributed by atoms with van der Waals surface area (Å²) < 4.78 is 13.6. The van der Waals surface area contributed by atoms with E-state index in [1.807, 2.05) is 24.3 Å². The van der Waals surface area contributed by atoms with Crippen LogP contribution in [0, 0.1) is 5.92 Å². The lowest BCUT2D eigenvalue weighted by Gasteiger charge is -2.27. The fourth-order valence-corrected chi connectivity index (χ4v) is 3.28. The Kier molecular flexibility index (Phi) is 3.15. The number of rotatable bonds is 2. The highest BCUT2D eigenvalue weighted by Gasteiger charge is 2.32. The molecule has 2 bridgehead atoms. The summed E-state index contributed by atoms with van der Waals surface area (Å²) >= 11 is 0. The molecule has 2 saturated heterocycles. The third kappa shape index (κ3) is 2.52. The maximum absolute atomic E-state index is 13.6. The van der Waals surface area contributed by atoms with E-state index >= 15 is 0 Å². The van der Waals surface area contributed by atoms with Gasteiger partial charge in [-0.25, -0.2) is 4.39 Å². The molecule has 0 aromatic carbocycles. The molecular formula is C15H20FN. The molecule has 0 spiro atoms. The Bertz CT molecular complexity index is 357. The van der Waals surface area contributed by atoms with E-state index in [0.717, 1.165) is 5.57 Å². The van der Waals surface area contributed by atoms with Crippen LogP contribution in [-0.4, -0.2) is 18.3 Å². The van der Waals surface area contributed by atoms with E-state index in [1.54, 1.807) is 0 Å². The van der Waals surface area contributed by atoms with E-state index < -0.39 is 6.17 Å². The monoisotopic (exact) mass is 233 g/mol. The van der Waals surface area contributed by atoms with Crippen molar-refractivity contribution in [2.75, 3.05) is 0 Å². The van der Waals surface area contributed by atoms with Crippen LogP contribution in [0.25, 0.3) is 0 Å². The Morgan fingerprint density at radius 3 is 2.71 bits per heavy atom. The van der Waals surface area contributed by atoms with Gasteiger partial charge in [0.25, 0.3) is 0 Å². The molecule has 0 aromatic rings. The molecule has 0 amide bonds. The molecule has 1 N–H and O–H groups in total. The summed E-state index contributed by atoms with van der Waals surface area (Å²) in [6.07, 6.45) is 14.9. The zero-order chi connectivity index (χ0) is 11.7. The van der Waals surface area contributed by atoms with Crippen molar-refractivity contribution in [1.82, 2.24) is 5.32 Å². The number of alkyl halides is 1. The Labute approximate surface area is 102 Å². The van der Waals surface area contributed by atoms with Gasteiger partial charge in [0, 0.05) is 18.5 Å². The summed E-state index contributed by atoms with van der Waals surface area (Å²) in [6, 6.07) is 1.43. The quantitative estimate of drug-likeness (QED) is 0.771. The number of nitrogens with one attached hydrogen (secondary N) is 1. The predicted molar refractivity (Wildman–Crippen MR) is 68.5 cm³/mol. The number of hydrogen-bond acceptors (Lipinski definition) is 1. The van der Waals surface area contributed by atoms with Crippen molar-refractivity contribution >= 4 is 0 Å². The van der Waals surface area contributed by atoms with Crippen LogP contribution in [0.1, 0.15) is 32.1 Å². The molecule has 2 aliphatic heterocycles. The zero-order valence-corrected chi connectivity index (χ0v) is 10.1. The van der Waals surface area contributed by atoms with Crippen molar-refractivity contribution in [1.29, 1.82) is 0 Å². The normalized spacial score (nSPS) is 40.9. The fourth-order valence-electron chi connectivity index (χ4n) is 3.28. The van der Waals surface area contributed by atoms with Crippen molar-refractivity contribution in [2.24, 2.45) is 5.92 Å². The third-order valence-corrected chi connectivity index (χ3v) is 4.20. The van der Waals surface area contributed by atoms with Crippen LogP contribution in [0.4, 0.5) is 4.39 Å². The second-order valence-corrected chi connectivity index (χ2v) is 5.53. The predicted octanol–water partition coefficient (Wildman–Crippen LogP) is 3.30. The van der Waals surface area contributed by atoms with Gasteiger partial charge in [-0.1, -0.05) is 30.4 Å². The Balaban J connectivity index is 1.63. The van der Waals surface area contributed by atoms with E-state index in [1.165, 1.54) is 25.7 Å². The smallest absolute Gasteiger partial charge is 0.129 e. The van der Waals surface area contributed by atoms with Crippen LogP contribution in [0.3, 0.4) is 0 Å². The summed E-state index contributed by atoms with van der Waals surface area (Å²) in [7, 11) is 0. The molecule has 92 valence electrons. The molecule has 3 atom stereocenters. The van der Waals surface area contributed by atoms with Gasteiger partial charge in [0.1, 0.15) is 6.17 Å². The lowest BCUT2D eigenvalue weighted by atomic mass is 9.91. The molecule has 17 heavy (non-hydrogen) atoms. The molecule has 3 unspecified atom stereocenters. The van der Waals surface area contributed by atoms with Gasteiger partial charge in [-0.2, -0.15) is 0 Å². The standard InChI is InChI=1S/C15H20FN/c16-15-4-2-1-3-12(15)6-5-11-9-13-7-8-14(10-11)17-13/h1-3,5-6,11,13-15,17H,4,7-10H2/b6-5+. The lowest BCUT2D eigenvalue weighted by Crippen LogP contribution is -2.37. The maximum atomic E-state index is 13.6. The minimum Gasteiger partial charge on any atom is -0.311 e. The third-order valence-electron chi connectivity index (χ3n) is 4.20. The van der Waals surface area contributed by atoms with Crippen molar-refractivity contribution < 1.29 is 4.39 Å². The van der Waals surface area contributed by atoms with Crippen LogP contribution in [-0.2, 0) is 0 Å². The molecule has 2 heteroatoms. The van der Waals surface area contributed by atoms with Gasteiger partial charge in [-0.15, -0.1) is 0 Å². The first-order valence-corrected chi connectivity index (χ1v) is 6.76. The van der Waals surface area contributed by atoms with Crippen molar-refractivity contribution in [3.05, 3.63) is 36.0 Å². The number of fused-ring (bicyclic) bond motifs is 2. The van der Waals surface area contributed by atoms with E-state index in [2.05, 4.69) is 11.4 Å². The summed E-state index contributed by atoms with van der Waals surface area (Å²) in [4.78, 5) is 0. The van der Waals surface area contributed by atoms with E-state index in [-0.39, 0.29) is 0 Å². The number of piperidine rings is 1. The first-order valence-electron chi connectivity index (χ1n) is 6.76. The highest BCUT2D eigenvalue weighted by atomic mass is 19.1. The van der Waals surface area contributed by atoms with Gasteiger partial charge in [-0.3, -0.25) is 0 Å². The molecule has 1 nitrogen and oxygen atoms in total. The van der Waals surface area contributed by atoms with Crippen LogP contribution >= 0.6 is 0 Å². The maximum Gasteiger partial charge on any atom is 0.129 e. The van der Waals surface area contributed by atoms with Gasteiger partial charge in [0.05, 0.1) is 0 Å². The minimum absolute atomic E-state index is 0.535. The first kappa shape index (κ1) is 11.2. The molecule has 1 aliphatic carbocycles. The second-order valence-electron chi connectivity index (χ2n) is 5.53. The molecule has 2 fully saturated rings. The molecular weight excluding hydrogens is 213 g/mol. The number of hydrogen-bond donors (Lipinski definition) is 1. The van der Waals surface area contributed by atoms with Crippen molar-refractivity contribution in [3.8, 4) is 0 Å². The summed E-state index contributed by atoms with van der Waals surface area (Å²) in [5.41, 5.74) is 0.846. The van der Waals surface area contributed by atoms with Gasteiger partial charge in [0.2, 0.25) is 0 Å². The summed E-state index contributed by atoms with van der Waals surface area (Å²) in [6.45, 7) is 0. The lowest BCUT2D eigenvalue weighted by molar-refractivity contribution is 0.343. The van der Waals surface area contributed by atoms with Crippen LogP contribution in [0.5, 0.6) is 0 Å².